The maximum absolute atomic E-state index is 13.3. The van der Waals surface area contributed by atoms with Crippen LogP contribution in [0.1, 0.15) is 40.8 Å². The van der Waals surface area contributed by atoms with Crippen molar-refractivity contribution in [2.45, 2.75) is 32.4 Å². The van der Waals surface area contributed by atoms with Crippen LogP contribution in [0.15, 0.2) is 72.3 Å². The number of aliphatic hydroxyl groups is 1. The molecule has 5 rings (SSSR count). The van der Waals surface area contributed by atoms with E-state index in [1.165, 1.54) is 4.90 Å². The first kappa shape index (κ1) is 21.5. The van der Waals surface area contributed by atoms with Crippen LogP contribution in [0.3, 0.4) is 0 Å². The number of hydrogen-bond acceptors (Lipinski definition) is 5. The van der Waals surface area contributed by atoms with Crippen molar-refractivity contribution in [1.29, 1.82) is 5.26 Å². The Morgan fingerprint density at radius 3 is 2.53 bits per heavy atom. The fourth-order valence-electron chi connectivity index (χ4n) is 4.71. The molecule has 6 nitrogen and oxygen atoms in total. The number of anilines is 1. The molecule has 1 saturated heterocycles. The van der Waals surface area contributed by atoms with Gasteiger partial charge in [0.2, 0.25) is 0 Å². The van der Waals surface area contributed by atoms with Crippen molar-refractivity contribution in [3.05, 3.63) is 100 Å². The van der Waals surface area contributed by atoms with E-state index in [0.29, 0.717) is 23.2 Å². The summed E-state index contributed by atoms with van der Waals surface area (Å²) in [6, 6.07) is 20.5. The Morgan fingerprint density at radius 2 is 1.82 bits per heavy atom. The number of benzene rings is 3. The molecule has 1 fully saturated rings. The molecule has 168 valence electrons. The smallest absolute Gasteiger partial charge is 0.300 e. The van der Waals surface area contributed by atoms with Gasteiger partial charge in [-0.25, -0.2) is 0 Å². The molecule has 2 aliphatic heterocycles. The number of Topliss-reactive ketones (excluding diaryl/α,β-unsaturated/α-hetero) is 1. The minimum atomic E-state index is -0.808. The lowest BCUT2D eigenvalue weighted by molar-refractivity contribution is -0.132. The van der Waals surface area contributed by atoms with Crippen molar-refractivity contribution in [1.82, 2.24) is 0 Å². The molecule has 0 aliphatic carbocycles. The van der Waals surface area contributed by atoms with E-state index in [1.807, 2.05) is 44.2 Å². The van der Waals surface area contributed by atoms with Gasteiger partial charge in [-0.2, -0.15) is 5.26 Å². The van der Waals surface area contributed by atoms with Crippen molar-refractivity contribution in [2.24, 2.45) is 0 Å². The third-order valence-electron chi connectivity index (χ3n) is 6.37. The normalized spacial score (nSPS) is 20.7. The van der Waals surface area contributed by atoms with E-state index in [-0.39, 0.29) is 17.4 Å². The predicted molar refractivity (Wildman–Crippen MR) is 127 cm³/mol. The fourth-order valence-corrected chi connectivity index (χ4v) is 4.71. The summed E-state index contributed by atoms with van der Waals surface area (Å²) in [5, 5.41) is 20.5. The van der Waals surface area contributed by atoms with Crippen molar-refractivity contribution < 1.29 is 19.4 Å². The molecule has 1 N–H and O–H groups in total. The second kappa shape index (κ2) is 8.20. The van der Waals surface area contributed by atoms with Gasteiger partial charge in [0.25, 0.3) is 11.7 Å². The zero-order chi connectivity index (χ0) is 24.0. The first-order valence-corrected chi connectivity index (χ1v) is 11.1. The van der Waals surface area contributed by atoms with Gasteiger partial charge in [-0.05, 0) is 73.0 Å². The molecule has 0 bridgehead atoms. The zero-order valence-corrected chi connectivity index (χ0v) is 18.8. The Kier molecular flexibility index (Phi) is 5.18. The topological polar surface area (TPSA) is 90.6 Å². The van der Waals surface area contributed by atoms with E-state index < -0.39 is 17.7 Å². The molecule has 0 aromatic heterocycles. The maximum atomic E-state index is 13.3. The van der Waals surface area contributed by atoms with Crippen LogP contribution in [0.5, 0.6) is 5.75 Å². The largest absolute Gasteiger partial charge is 0.507 e. The molecule has 1 amide bonds. The number of ether oxygens (including phenoxy) is 1. The summed E-state index contributed by atoms with van der Waals surface area (Å²) in [6.07, 6.45) is 0.749. The van der Waals surface area contributed by atoms with Gasteiger partial charge >= 0.3 is 0 Å². The number of amides is 1. The van der Waals surface area contributed by atoms with Gasteiger partial charge in [0.05, 0.1) is 23.2 Å². The minimum absolute atomic E-state index is 0.0376. The Labute approximate surface area is 197 Å². The molecule has 34 heavy (non-hydrogen) atoms. The Morgan fingerprint density at radius 1 is 1.09 bits per heavy atom. The molecule has 2 aliphatic rings. The van der Waals surface area contributed by atoms with E-state index in [9.17, 15) is 14.7 Å². The summed E-state index contributed by atoms with van der Waals surface area (Å²) in [5.41, 5.74) is 4.00. The highest BCUT2D eigenvalue weighted by Crippen LogP contribution is 2.43. The van der Waals surface area contributed by atoms with Gasteiger partial charge in [-0.3, -0.25) is 14.5 Å². The monoisotopic (exact) mass is 450 g/mol. The molecule has 0 radical (unpaired) electrons. The number of aryl methyl sites for hydroxylation is 1. The average Bonchev–Trinajstić information content (AvgIpc) is 3.34. The third-order valence-corrected chi connectivity index (χ3v) is 6.37. The van der Waals surface area contributed by atoms with Crippen LogP contribution >= 0.6 is 0 Å². The number of nitriles is 1. The third kappa shape index (κ3) is 3.43. The van der Waals surface area contributed by atoms with E-state index in [2.05, 4.69) is 6.07 Å². The molecule has 6 heteroatoms. The summed E-state index contributed by atoms with van der Waals surface area (Å²) in [4.78, 5) is 28.0. The molecule has 2 unspecified atom stereocenters. The quantitative estimate of drug-likeness (QED) is 0.351. The van der Waals surface area contributed by atoms with Gasteiger partial charge in [-0.1, -0.05) is 24.3 Å². The van der Waals surface area contributed by atoms with Crippen LogP contribution in [-0.2, 0) is 16.0 Å². The SMILES string of the molecule is Cc1ccccc1C1/C(=C(\O)c2ccc3c(c2)CC(C)O3)C(=O)C(=O)N1c1ccc(C#N)cc1. The number of hydrogen-bond donors (Lipinski definition) is 1. The number of fused-ring (bicyclic) bond motifs is 1. The molecule has 3 aromatic carbocycles. The van der Waals surface area contributed by atoms with Crippen LogP contribution in [0, 0.1) is 18.3 Å². The molecular weight excluding hydrogens is 428 g/mol. The van der Waals surface area contributed by atoms with Crippen molar-refractivity contribution in [2.75, 3.05) is 4.90 Å². The highest BCUT2D eigenvalue weighted by Gasteiger charge is 2.47. The van der Waals surface area contributed by atoms with Crippen LogP contribution < -0.4 is 9.64 Å². The lowest BCUT2D eigenvalue weighted by Crippen LogP contribution is -2.29. The van der Waals surface area contributed by atoms with E-state index in [4.69, 9.17) is 10.00 Å². The number of aliphatic hydroxyl groups excluding tert-OH is 1. The van der Waals surface area contributed by atoms with Gasteiger partial charge in [0.1, 0.15) is 17.6 Å². The standard InChI is InChI=1S/C28H22N2O4/c1-16-5-3-4-6-22(16)25-24(26(31)19-9-12-23-20(14-19)13-17(2)34-23)27(32)28(33)30(25)21-10-7-18(15-29)8-11-21/h3-12,14,17,25,31H,13H2,1-2H3/b26-24+. The fraction of sp³-hybridized carbons (Fsp3) is 0.179. The lowest BCUT2D eigenvalue weighted by Gasteiger charge is -2.26. The molecule has 2 atom stereocenters. The van der Waals surface area contributed by atoms with Crippen molar-refractivity contribution in [3.63, 3.8) is 0 Å². The van der Waals surface area contributed by atoms with Crippen molar-refractivity contribution in [3.8, 4) is 11.8 Å². The molecule has 0 spiro atoms. The average molecular weight is 450 g/mol. The highest BCUT2D eigenvalue weighted by atomic mass is 16.5. The van der Waals surface area contributed by atoms with Gasteiger partial charge < -0.3 is 9.84 Å². The second-order valence-corrected chi connectivity index (χ2v) is 8.64. The van der Waals surface area contributed by atoms with Gasteiger partial charge in [0.15, 0.2) is 0 Å². The molecule has 2 heterocycles. The Bertz CT molecular complexity index is 1400. The number of rotatable bonds is 3. The number of nitrogens with zero attached hydrogens (tertiary/aromatic N) is 2. The van der Waals surface area contributed by atoms with Crippen LogP contribution in [0.25, 0.3) is 5.76 Å². The van der Waals surface area contributed by atoms with E-state index in [1.54, 1.807) is 36.4 Å². The predicted octanol–water partition coefficient (Wildman–Crippen LogP) is 4.82. The van der Waals surface area contributed by atoms with Crippen LogP contribution in [0.2, 0.25) is 0 Å². The van der Waals surface area contributed by atoms with E-state index in [0.717, 1.165) is 22.4 Å². The van der Waals surface area contributed by atoms with Crippen LogP contribution in [-0.4, -0.2) is 22.9 Å². The van der Waals surface area contributed by atoms with Crippen molar-refractivity contribution >= 4 is 23.1 Å². The van der Waals surface area contributed by atoms with Gasteiger partial charge in [0, 0.05) is 17.7 Å². The summed E-state index contributed by atoms with van der Waals surface area (Å²) in [7, 11) is 0. The molecular formula is C28H22N2O4. The lowest BCUT2D eigenvalue weighted by atomic mass is 9.92. The first-order valence-electron chi connectivity index (χ1n) is 11.1. The summed E-state index contributed by atoms with van der Waals surface area (Å²) in [5.74, 6) is -0.930. The number of ketones is 1. The zero-order valence-electron chi connectivity index (χ0n) is 18.8. The number of carbonyl (C=O) groups excluding carboxylic acids is 2. The minimum Gasteiger partial charge on any atom is -0.507 e. The molecule has 0 saturated carbocycles. The summed E-state index contributed by atoms with van der Waals surface area (Å²) < 4.78 is 5.76. The van der Waals surface area contributed by atoms with Gasteiger partial charge in [-0.15, -0.1) is 0 Å². The summed E-state index contributed by atoms with van der Waals surface area (Å²) >= 11 is 0. The Balaban J connectivity index is 1.70. The summed E-state index contributed by atoms with van der Waals surface area (Å²) in [6.45, 7) is 3.88. The Hall–Kier alpha value is -4.37. The number of carbonyl (C=O) groups is 2. The second-order valence-electron chi connectivity index (χ2n) is 8.64. The van der Waals surface area contributed by atoms with Crippen LogP contribution in [0.4, 0.5) is 5.69 Å². The highest BCUT2D eigenvalue weighted by molar-refractivity contribution is 6.51. The maximum Gasteiger partial charge on any atom is 0.300 e. The van der Waals surface area contributed by atoms with E-state index >= 15 is 0 Å². The molecule has 3 aromatic rings. The first-order chi connectivity index (χ1) is 16.4.